The van der Waals surface area contributed by atoms with Crippen molar-refractivity contribution in [1.29, 1.82) is 0 Å². The number of benzene rings is 1. The predicted molar refractivity (Wildman–Crippen MR) is 98.8 cm³/mol. The molecule has 1 aromatic heterocycles. The van der Waals surface area contributed by atoms with Crippen LogP contribution < -0.4 is 11.1 Å². The average Bonchev–Trinajstić information content (AvgIpc) is 2.95. The summed E-state index contributed by atoms with van der Waals surface area (Å²) in [5, 5.41) is 2.99. The van der Waals surface area contributed by atoms with Gasteiger partial charge in [0.2, 0.25) is 11.8 Å². The van der Waals surface area contributed by atoms with E-state index >= 15 is 0 Å². The number of aromatic nitrogens is 1. The maximum absolute atomic E-state index is 12.7. The summed E-state index contributed by atoms with van der Waals surface area (Å²) in [6.07, 6.45) is 1.29. The number of nitrogens with zero attached hydrogens (tertiary/aromatic N) is 1. The van der Waals surface area contributed by atoms with Gasteiger partial charge in [0.05, 0.1) is 11.1 Å². The van der Waals surface area contributed by atoms with Crippen molar-refractivity contribution < 1.29 is 13.9 Å². The summed E-state index contributed by atoms with van der Waals surface area (Å²) in [5.41, 5.74) is 7.75. The van der Waals surface area contributed by atoms with Gasteiger partial charge in [-0.2, -0.15) is 0 Å². The molecule has 136 valence electrons. The number of ether oxygens (including phenoxy) is 1. The molecule has 0 saturated carbocycles. The second kappa shape index (κ2) is 7.99. The SMILES string of the molecule is Cc1nc(-c2cccc(NC(=O)C3(CN)CCOCC3)c2)oc1C.Cl. The highest BCUT2D eigenvalue weighted by Gasteiger charge is 2.38. The standard InChI is InChI=1S/C18H23N3O3.ClH/c1-12-13(2)24-16(20-12)14-4-3-5-15(10-14)21-17(22)18(11-19)6-8-23-9-7-18;/h3-5,10H,6-9,11,19H2,1-2H3,(H,21,22);1H. The molecule has 1 amide bonds. The predicted octanol–water partition coefficient (Wildman–Crippen LogP) is 3.07. The van der Waals surface area contributed by atoms with Gasteiger partial charge in [-0.1, -0.05) is 6.07 Å². The van der Waals surface area contributed by atoms with Crippen LogP contribution in [0.2, 0.25) is 0 Å². The molecule has 7 heteroatoms. The largest absolute Gasteiger partial charge is 0.441 e. The fourth-order valence-corrected chi connectivity index (χ4v) is 2.88. The zero-order chi connectivity index (χ0) is 17.2. The van der Waals surface area contributed by atoms with Gasteiger partial charge in [0, 0.05) is 31.0 Å². The lowest BCUT2D eigenvalue weighted by molar-refractivity contribution is -0.130. The van der Waals surface area contributed by atoms with Crippen LogP contribution in [0.5, 0.6) is 0 Å². The molecule has 6 nitrogen and oxygen atoms in total. The number of hydrogen-bond donors (Lipinski definition) is 2. The summed E-state index contributed by atoms with van der Waals surface area (Å²) < 4.78 is 11.0. The van der Waals surface area contributed by atoms with Crippen molar-refractivity contribution in [3.63, 3.8) is 0 Å². The highest BCUT2D eigenvalue weighted by molar-refractivity contribution is 5.96. The van der Waals surface area contributed by atoms with Crippen LogP contribution >= 0.6 is 12.4 Å². The van der Waals surface area contributed by atoms with Gasteiger partial charge in [-0.15, -0.1) is 12.4 Å². The second-order valence-corrected chi connectivity index (χ2v) is 6.29. The van der Waals surface area contributed by atoms with Crippen LogP contribution in [0.3, 0.4) is 0 Å². The van der Waals surface area contributed by atoms with Crippen molar-refractivity contribution in [1.82, 2.24) is 4.98 Å². The Balaban J connectivity index is 0.00000225. The lowest BCUT2D eigenvalue weighted by Crippen LogP contribution is -2.46. The number of hydrogen-bond acceptors (Lipinski definition) is 5. The third-order valence-electron chi connectivity index (χ3n) is 4.72. The summed E-state index contributed by atoms with van der Waals surface area (Å²) >= 11 is 0. The Kier molecular flexibility index (Phi) is 6.21. The molecule has 3 N–H and O–H groups in total. The average molecular weight is 366 g/mol. The zero-order valence-electron chi connectivity index (χ0n) is 14.5. The summed E-state index contributed by atoms with van der Waals surface area (Å²) in [6.45, 7) is 5.25. The molecule has 1 aromatic carbocycles. The molecule has 0 spiro atoms. The van der Waals surface area contributed by atoms with E-state index in [1.54, 1.807) is 0 Å². The van der Waals surface area contributed by atoms with Gasteiger partial charge in [-0.3, -0.25) is 4.79 Å². The molecule has 1 aliphatic heterocycles. The number of nitrogens with two attached hydrogens (primary N) is 1. The maximum Gasteiger partial charge on any atom is 0.232 e. The van der Waals surface area contributed by atoms with Gasteiger partial charge in [-0.05, 0) is 44.9 Å². The number of carbonyl (C=O) groups excluding carboxylic acids is 1. The van der Waals surface area contributed by atoms with E-state index in [0.717, 1.165) is 17.0 Å². The Labute approximate surface area is 153 Å². The van der Waals surface area contributed by atoms with E-state index in [0.29, 0.717) is 44.2 Å². The van der Waals surface area contributed by atoms with Crippen molar-refractivity contribution in [3.8, 4) is 11.5 Å². The van der Waals surface area contributed by atoms with Crippen LogP contribution in [0.25, 0.3) is 11.5 Å². The zero-order valence-corrected chi connectivity index (χ0v) is 15.3. The molecule has 0 aliphatic carbocycles. The number of anilines is 1. The molecule has 1 aliphatic rings. The summed E-state index contributed by atoms with van der Waals surface area (Å²) in [7, 11) is 0. The fraction of sp³-hybridized carbons (Fsp3) is 0.444. The minimum absolute atomic E-state index is 0. The molecular formula is C18H24ClN3O3. The third-order valence-corrected chi connectivity index (χ3v) is 4.72. The van der Waals surface area contributed by atoms with Gasteiger partial charge in [0.15, 0.2) is 0 Å². The number of halogens is 1. The molecule has 2 aromatic rings. The van der Waals surface area contributed by atoms with Crippen molar-refractivity contribution in [2.75, 3.05) is 25.1 Å². The Bertz CT molecular complexity index is 719. The first-order chi connectivity index (χ1) is 11.5. The third kappa shape index (κ3) is 4.03. The van der Waals surface area contributed by atoms with Gasteiger partial charge < -0.3 is 20.2 Å². The van der Waals surface area contributed by atoms with E-state index in [-0.39, 0.29) is 18.3 Å². The van der Waals surface area contributed by atoms with E-state index in [9.17, 15) is 4.79 Å². The Morgan fingerprint density at radius 2 is 2.04 bits per heavy atom. The van der Waals surface area contributed by atoms with E-state index < -0.39 is 5.41 Å². The molecule has 25 heavy (non-hydrogen) atoms. The lowest BCUT2D eigenvalue weighted by Gasteiger charge is -2.34. The number of nitrogens with one attached hydrogen (secondary N) is 1. The van der Waals surface area contributed by atoms with Crippen LogP contribution in [-0.2, 0) is 9.53 Å². The molecule has 0 radical (unpaired) electrons. The molecule has 0 unspecified atom stereocenters. The van der Waals surface area contributed by atoms with Crippen LogP contribution in [0, 0.1) is 19.3 Å². The highest BCUT2D eigenvalue weighted by Crippen LogP contribution is 2.31. The summed E-state index contributed by atoms with van der Waals surface area (Å²) in [5.74, 6) is 1.30. The van der Waals surface area contributed by atoms with E-state index in [4.69, 9.17) is 14.9 Å². The monoisotopic (exact) mass is 365 g/mol. The minimum Gasteiger partial charge on any atom is -0.441 e. The second-order valence-electron chi connectivity index (χ2n) is 6.29. The molecule has 3 rings (SSSR count). The number of oxazole rings is 1. The Hall–Kier alpha value is -1.89. The summed E-state index contributed by atoms with van der Waals surface area (Å²) in [6, 6.07) is 7.51. The van der Waals surface area contributed by atoms with Crippen LogP contribution in [0.15, 0.2) is 28.7 Å². The van der Waals surface area contributed by atoms with Crippen LogP contribution in [0.4, 0.5) is 5.69 Å². The number of rotatable bonds is 4. The van der Waals surface area contributed by atoms with Gasteiger partial charge >= 0.3 is 0 Å². The lowest BCUT2D eigenvalue weighted by atomic mass is 9.79. The van der Waals surface area contributed by atoms with Crippen LogP contribution in [0.1, 0.15) is 24.3 Å². The molecule has 0 bridgehead atoms. The van der Waals surface area contributed by atoms with Crippen molar-refractivity contribution >= 4 is 24.0 Å². The van der Waals surface area contributed by atoms with E-state index in [1.165, 1.54) is 0 Å². The number of amides is 1. The highest BCUT2D eigenvalue weighted by atomic mass is 35.5. The van der Waals surface area contributed by atoms with Crippen molar-refractivity contribution in [2.45, 2.75) is 26.7 Å². The topological polar surface area (TPSA) is 90.4 Å². The minimum atomic E-state index is -0.551. The first-order valence-corrected chi connectivity index (χ1v) is 8.18. The fourth-order valence-electron chi connectivity index (χ4n) is 2.88. The Morgan fingerprint density at radius 3 is 2.64 bits per heavy atom. The van der Waals surface area contributed by atoms with Gasteiger partial charge in [0.1, 0.15) is 5.76 Å². The van der Waals surface area contributed by atoms with Crippen LogP contribution in [-0.4, -0.2) is 30.6 Å². The maximum atomic E-state index is 12.7. The normalized spacial score (nSPS) is 16.1. The van der Waals surface area contributed by atoms with Gasteiger partial charge in [0.25, 0.3) is 0 Å². The Morgan fingerprint density at radius 1 is 1.32 bits per heavy atom. The molecule has 1 saturated heterocycles. The summed E-state index contributed by atoms with van der Waals surface area (Å²) in [4.78, 5) is 17.1. The van der Waals surface area contributed by atoms with Crippen molar-refractivity contribution in [3.05, 3.63) is 35.7 Å². The smallest absolute Gasteiger partial charge is 0.232 e. The molecular weight excluding hydrogens is 342 g/mol. The van der Waals surface area contributed by atoms with Crippen molar-refractivity contribution in [2.24, 2.45) is 11.1 Å². The molecule has 1 fully saturated rings. The van der Waals surface area contributed by atoms with E-state index in [1.807, 2.05) is 38.1 Å². The number of carbonyl (C=O) groups is 1. The quantitative estimate of drug-likeness (QED) is 0.868. The number of aryl methyl sites for hydroxylation is 2. The first-order valence-electron chi connectivity index (χ1n) is 8.18. The first kappa shape index (κ1) is 19.4. The van der Waals surface area contributed by atoms with Gasteiger partial charge in [-0.25, -0.2) is 4.98 Å². The molecule has 0 atom stereocenters. The van der Waals surface area contributed by atoms with E-state index in [2.05, 4.69) is 10.3 Å². The molecule has 2 heterocycles.